The van der Waals surface area contributed by atoms with E-state index in [1.54, 1.807) is 11.8 Å². The molecule has 2 aromatic rings. The molecule has 198 valence electrons. The number of rotatable bonds is 12. The van der Waals surface area contributed by atoms with E-state index in [1.807, 2.05) is 44.3 Å². The Hall–Kier alpha value is -2.67. The van der Waals surface area contributed by atoms with E-state index in [-0.39, 0.29) is 30.2 Å². The molecular formula is C24H34N4O7S. The van der Waals surface area contributed by atoms with Crippen LogP contribution in [0, 0.1) is 11.8 Å². The van der Waals surface area contributed by atoms with Crippen molar-refractivity contribution in [2.24, 2.45) is 11.8 Å². The van der Waals surface area contributed by atoms with Crippen molar-refractivity contribution in [2.75, 3.05) is 13.7 Å². The van der Waals surface area contributed by atoms with Crippen molar-refractivity contribution in [3.05, 3.63) is 30.5 Å². The molecule has 0 aliphatic carbocycles. The third-order valence-corrected chi connectivity index (χ3v) is 6.35. The third kappa shape index (κ3) is 7.66. The number of carbonyl (C=O) groups excluding carboxylic acids is 2. The molecule has 0 radical (unpaired) electrons. The van der Waals surface area contributed by atoms with Gasteiger partial charge in [-0.1, -0.05) is 36.8 Å². The van der Waals surface area contributed by atoms with Gasteiger partial charge < -0.3 is 23.8 Å². The maximum atomic E-state index is 11.8. The Labute approximate surface area is 216 Å². The van der Waals surface area contributed by atoms with Gasteiger partial charge in [-0.05, 0) is 37.1 Å². The number of unbranched alkanes of at least 4 members (excludes halogenated alkanes) is 1. The fourth-order valence-electron chi connectivity index (χ4n) is 4.11. The Bertz CT molecular complexity index is 987. The lowest BCUT2D eigenvalue weighted by Gasteiger charge is -2.43. The highest BCUT2D eigenvalue weighted by Gasteiger charge is 2.44. The van der Waals surface area contributed by atoms with E-state index < -0.39 is 18.5 Å². The first-order valence-corrected chi connectivity index (χ1v) is 12.3. The Morgan fingerprint density at radius 2 is 1.92 bits per heavy atom. The predicted octanol–water partition coefficient (Wildman–Crippen LogP) is 2.96. The first kappa shape index (κ1) is 27.9. The number of methoxy groups -OCH3 is 1. The van der Waals surface area contributed by atoms with Gasteiger partial charge in [0.15, 0.2) is 6.29 Å². The normalized spacial score (nSPS) is 23.8. The second-order valence-corrected chi connectivity index (χ2v) is 8.97. The van der Waals surface area contributed by atoms with Gasteiger partial charge >= 0.3 is 11.9 Å². The maximum Gasteiger partial charge on any atom is 0.325 e. The monoisotopic (exact) mass is 522 g/mol. The molecule has 0 bridgehead atoms. The molecule has 5 atom stereocenters. The number of nitrogens with one attached hydrogen (secondary N) is 1. The van der Waals surface area contributed by atoms with Crippen LogP contribution in [-0.2, 0) is 35.2 Å². The zero-order chi connectivity index (χ0) is 26.1. The van der Waals surface area contributed by atoms with E-state index in [0.29, 0.717) is 31.7 Å². The maximum absolute atomic E-state index is 11.8. The summed E-state index contributed by atoms with van der Waals surface area (Å²) < 4.78 is 24.9. The fraction of sp³-hybridized carbons (Fsp3) is 0.583. The van der Waals surface area contributed by atoms with Crippen LogP contribution in [0.3, 0.4) is 0 Å². The second kappa shape index (κ2) is 13.6. The zero-order valence-electron chi connectivity index (χ0n) is 21.0. The summed E-state index contributed by atoms with van der Waals surface area (Å²) in [7, 11) is 1.62. The van der Waals surface area contributed by atoms with Crippen molar-refractivity contribution in [3.63, 3.8) is 0 Å². The van der Waals surface area contributed by atoms with Crippen molar-refractivity contribution in [1.29, 1.82) is 0 Å². The van der Waals surface area contributed by atoms with E-state index in [9.17, 15) is 9.59 Å². The van der Waals surface area contributed by atoms with Crippen LogP contribution in [0.5, 0.6) is 5.75 Å². The molecule has 3 rings (SSSR count). The largest absolute Gasteiger partial charge is 0.497 e. The van der Waals surface area contributed by atoms with Gasteiger partial charge in [0.05, 0.1) is 19.9 Å². The summed E-state index contributed by atoms with van der Waals surface area (Å²) in [6, 6.07) is 7.55. The molecule has 0 amide bonds. The van der Waals surface area contributed by atoms with Crippen molar-refractivity contribution in [3.8, 4) is 17.0 Å². The summed E-state index contributed by atoms with van der Waals surface area (Å²) in [5, 5.41) is 8.52. The van der Waals surface area contributed by atoms with E-state index in [4.69, 9.17) is 18.9 Å². The standard InChI is InChI=1S/C24H34N4O7S/c1-15-16(2)24(32-12-6-5-7-22(30)35-27-36)34-21(23(15)33-17(3)29)14-28-13-20(25-26-28)18-8-10-19(31-4)11-9-18/h8-11,13,15-16,21,23-24,27,36H,5-7,12,14H2,1-4H3/t15-,16?,21?,23-,24?/m1/s1. The lowest BCUT2D eigenvalue weighted by atomic mass is 9.84. The van der Waals surface area contributed by atoms with Crippen molar-refractivity contribution < 1.29 is 33.4 Å². The number of aromatic nitrogens is 3. The number of benzene rings is 1. The summed E-state index contributed by atoms with van der Waals surface area (Å²) in [6.45, 7) is 6.17. The number of hydrogen-bond donors (Lipinski definition) is 2. The number of esters is 1. The molecule has 1 N–H and O–H groups in total. The van der Waals surface area contributed by atoms with Gasteiger partial charge in [-0.2, -0.15) is 0 Å². The van der Waals surface area contributed by atoms with Crippen molar-refractivity contribution >= 4 is 24.8 Å². The molecule has 11 nitrogen and oxygen atoms in total. The highest BCUT2D eigenvalue weighted by atomic mass is 32.1. The van der Waals surface area contributed by atoms with Gasteiger partial charge in [0, 0.05) is 37.4 Å². The lowest BCUT2D eigenvalue weighted by Crippen LogP contribution is -2.53. The van der Waals surface area contributed by atoms with Gasteiger partial charge in [-0.15, -0.1) is 5.10 Å². The van der Waals surface area contributed by atoms with Gasteiger partial charge in [0.2, 0.25) is 0 Å². The number of hydrogen-bond acceptors (Lipinski definition) is 11. The SMILES string of the molecule is COc1ccc(-c2cn(CC3OC(OCCCCC(=O)ONS)C(C)[C@@H](C)[C@H]3OC(C)=O)nn2)cc1. The molecule has 1 aromatic heterocycles. The summed E-state index contributed by atoms with van der Waals surface area (Å²) >= 11 is 3.63. The van der Waals surface area contributed by atoms with Crippen LogP contribution in [0.15, 0.2) is 30.5 Å². The fourth-order valence-corrected chi connectivity index (χ4v) is 4.21. The molecule has 1 aromatic carbocycles. The van der Waals surface area contributed by atoms with Crippen molar-refractivity contribution in [2.45, 2.75) is 65.1 Å². The molecule has 1 aliphatic heterocycles. The van der Waals surface area contributed by atoms with Crippen LogP contribution in [-0.4, -0.2) is 59.1 Å². The van der Waals surface area contributed by atoms with Crippen LogP contribution in [0.1, 0.15) is 40.0 Å². The Morgan fingerprint density at radius 1 is 1.17 bits per heavy atom. The Kier molecular flexibility index (Phi) is 10.5. The Morgan fingerprint density at radius 3 is 2.58 bits per heavy atom. The molecule has 3 unspecified atom stereocenters. The quantitative estimate of drug-likeness (QED) is 0.186. The predicted molar refractivity (Wildman–Crippen MR) is 133 cm³/mol. The molecule has 0 saturated carbocycles. The lowest BCUT2D eigenvalue weighted by molar-refractivity contribution is -0.269. The summed E-state index contributed by atoms with van der Waals surface area (Å²) in [5.41, 5.74) is 1.61. The van der Waals surface area contributed by atoms with E-state index in [0.717, 1.165) is 11.3 Å². The van der Waals surface area contributed by atoms with Crippen LogP contribution in [0.4, 0.5) is 0 Å². The highest BCUT2D eigenvalue weighted by molar-refractivity contribution is 7.77. The summed E-state index contributed by atoms with van der Waals surface area (Å²) in [6.07, 6.45) is 1.92. The van der Waals surface area contributed by atoms with Gasteiger partial charge in [-0.25, -0.2) is 4.68 Å². The topological polar surface area (TPSA) is 123 Å². The van der Waals surface area contributed by atoms with Crippen LogP contribution in [0.25, 0.3) is 11.3 Å². The minimum Gasteiger partial charge on any atom is -0.497 e. The second-order valence-electron chi connectivity index (χ2n) is 8.78. The van der Waals surface area contributed by atoms with Gasteiger partial charge in [0.25, 0.3) is 0 Å². The van der Waals surface area contributed by atoms with E-state index in [2.05, 4.69) is 32.8 Å². The molecule has 0 spiro atoms. The minimum absolute atomic E-state index is 0.0151. The first-order valence-electron chi connectivity index (χ1n) is 11.9. The van der Waals surface area contributed by atoms with Crippen LogP contribution in [0.2, 0.25) is 0 Å². The highest BCUT2D eigenvalue weighted by Crippen LogP contribution is 2.34. The smallest absolute Gasteiger partial charge is 0.325 e. The molecule has 1 saturated heterocycles. The average Bonchev–Trinajstić information content (AvgIpc) is 3.32. The molecule has 12 heteroatoms. The third-order valence-electron chi connectivity index (χ3n) is 6.26. The first-order chi connectivity index (χ1) is 17.3. The number of nitrogens with zero attached hydrogens (tertiary/aromatic N) is 3. The molecule has 1 fully saturated rings. The molecule has 36 heavy (non-hydrogen) atoms. The molecular weight excluding hydrogens is 488 g/mol. The van der Waals surface area contributed by atoms with Crippen molar-refractivity contribution in [1.82, 2.24) is 19.9 Å². The summed E-state index contributed by atoms with van der Waals surface area (Å²) in [4.78, 5) is 29.9. The average molecular weight is 523 g/mol. The summed E-state index contributed by atoms with van der Waals surface area (Å²) in [5.74, 6) is -0.0258. The van der Waals surface area contributed by atoms with Gasteiger partial charge in [-0.3, -0.25) is 9.59 Å². The van der Waals surface area contributed by atoms with Crippen LogP contribution < -0.4 is 9.62 Å². The zero-order valence-corrected chi connectivity index (χ0v) is 21.9. The van der Waals surface area contributed by atoms with Gasteiger partial charge in [0.1, 0.15) is 23.7 Å². The number of thiol groups is 1. The molecule has 2 heterocycles. The molecule has 1 aliphatic rings. The number of ether oxygens (including phenoxy) is 4. The van der Waals surface area contributed by atoms with E-state index >= 15 is 0 Å². The van der Waals surface area contributed by atoms with E-state index in [1.165, 1.54) is 6.92 Å². The minimum atomic E-state index is -0.493. The van der Waals surface area contributed by atoms with Crippen LogP contribution >= 0.6 is 12.8 Å². The Balaban J connectivity index is 1.64. The number of carbonyl (C=O) groups is 2.